The van der Waals surface area contributed by atoms with Crippen molar-refractivity contribution >= 4 is 0 Å². The van der Waals surface area contributed by atoms with E-state index in [0.29, 0.717) is 12.1 Å². The van der Waals surface area contributed by atoms with Crippen molar-refractivity contribution in [1.29, 1.82) is 0 Å². The third-order valence-corrected chi connectivity index (χ3v) is 4.15. The molecule has 1 fully saturated rings. The molecule has 1 saturated heterocycles. The number of rotatable bonds is 3. The third-order valence-electron chi connectivity index (χ3n) is 4.15. The maximum absolute atomic E-state index is 3.58. The van der Waals surface area contributed by atoms with Gasteiger partial charge in [-0.1, -0.05) is 25.1 Å². The van der Waals surface area contributed by atoms with Crippen molar-refractivity contribution in [3.8, 4) is 0 Å². The van der Waals surface area contributed by atoms with Crippen LogP contribution in [-0.2, 0) is 6.54 Å². The van der Waals surface area contributed by atoms with Gasteiger partial charge in [-0.25, -0.2) is 0 Å². The van der Waals surface area contributed by atoms with Gasteiger partial charge >= 0.3 is 0 Å². The van der Waals surface area contributed by atoms with Crippen LogP contribution < -0.4 is 5.32 Å². The predicted molar refractivity (Wildman–Crippen MR) is 77.9 cm³/mol. The molecule has 1 N–H and O–H groups in total. The summed E-state index contributed by atoms with van der Waals surface area (Å²) in [6.45, 7) is 12.3. The predicted octanol–water partition coefficient (Wildman–Crippen LogP) is 2.88. The first-order chi connectivity index (χ1) is 8.60. The van der Waals surface area contributed by atoms with Crippen LogP contribution in [0.2, 0.25) is 0 Å². The quantitative estimate of drug-likeness (QED) is 0.882. The molecule has 0 aliphatic carbocycles. The van der Waals surface area contributed by atoms with E-state index in [4.69, 9.17) is 0 Å². The Kier molecular flexibility index (Phi) is 4.41. The van der Waals surface area contributed by atoms with Crippen LogP contribution in [0.4, 0.5) is 0 Å². The minimum atomic E-state index is 0.611. The number of hydrogen-bond acceptors (Lipinski definition) is 2. The molecule has 1 aromatic carbocycles. The number of piperazine rings is 1. The summed E-state index contributed by atoms with van der Waals surface area (Å²) in [5, 5.41) is 3.58. The molecule has 2 rings (SSSR count). The van der Waals surface area contributed by atoms with E-state index < -0.39 is 0 Å². The number of nitrogens with one attached hydrogen (secondary N) is 1. The van der Waals surface area contributed by atoms with Gasteiger partial charge in [0, 0.05) is 31.7 Å². The van der Waals surface area contributed by atoms with Gasteiger partial charge in [0.05, 0.1) is 0 Å². The number of aryl methyl sites for hydroxylation is 2. The SMILES string of the molecule is CCC1CNC(C)CN1Cc1ccc(C)c(C)c1. The van der Waals surface area contributed by atoms with E-state index in [1.807, 2.05) is 0 Å². The maximum Gasteiger partial charge on any atom is 0.0237 e. The molecular formula is C16H26N2. The van der Waals surface area contributed by atoms with Gasteiger partial charge in [-0.3, -0.25) is 4.90 Å². The highest BCUT2D eigenvalue weighted by Gasteiger charge is 2.24. The van der Waals surface area contributed by atoms with E-state index in [-0.39, 0.29) is 0 Å². The van der Waals surface area contributed by atoms with Crippen molar-refractivity contribution in [1.82, 2.24) is 10.2 Å². The molecular weight excluding hydrogens is 220 g/mol. The Balaban J connectivity index is 2.08. The summed E-state index contributed by atoms with van der Waals surface area (Å²) in [6.07, 6.45) is 1.23. The summed E-state index contributed by atoms with van der Waals surface area (Å²) in [7, 11) is 0. The van der Waals surface area contributed by atoms with E-state index >= 15 is 0 Å². The molecule has 0 bridgehead atoms. The molecule has 0 saturated carbocycles. The average Bonchev–Trinajstić information content (AvgIpc) is 2.34. The topological polar surface area (TPSA) is 15.3 Å². The van der Waals surface area contributed by atoms with Crippen molar-refractivity contribution in [3.05, 3.63) is 34.9 Å². The summed E-state index contributed by atoms with van der Waals surface area (Å²) < 4.78 is 0. The molecule has 1 aliphatic rings. The van der Waals surface area contributed by atoms with Crippen molar-refractivity contribution in [2.24, 2.45) is 0 Å². The van der Waals surface area contributed by atoms with E-state index in [0.717, 1.165) is 19.6 Å². The molecule has 2 nitrogen and oxygen atoms in total. The smallest absolute Gasteiger partial charge is 0.0237 e. The Hall–Kier alpha value is -0.860. The minimum absolute atomic E-state index is 0.611. The Morgan fingerprint density at radius 2 is 2.06 bits per heavy atom. The van der Waals surface area contributed by atoms with Crippen molar-refractivity contribution < 1.29 is 0 Å². The second-order valence-electron chi connectivity index (χ2n) is 5.72. The van der Waals surface area contributed by atoms with E-state index in [2.05, 4.69) is 56.1 Å². The Morgan fingerprint density at radius 3 is 2.72 bits per heavy atom. The summed E-state index contributed by atoms with van der Waals surface area (Å²) in [6, 6.07) is 8.16. The Morgan fingerprint density at radius 1 is 1.28 bits per heavy atom. The first-order valence-corrected chi connectivity index (χ1v) is 7.13. The van der Waals surface area contributed by atoms with E-state index in [1.165, 1.54) is 23.1 Å². The number of nitrogens with zero attached hydrogens (tertiary/aromatic N) is 1. The first-order valence-electron chi connectivity index (χ1n) is 7.13. The van der Waals surface area contributed by atoms with Crippen molar-refractivity contribution in [2.75, 3.05) is 13.1 Å². The van der Waals surface area contributed by atoms with Crippen LogP contribution in [0.1, 0.15) is 37.0 Å². The normalized spacial score (nSPS) is 25.3. The highest BCUT2D eigenvalue weighted by molar-refractivity contribution is 5.29. The second-order valence-corrected chi connectivity index (χ2v) is 5.72. The molecule has 18 heavy (non-hydrogen) atoms. The van der Waals surface area contributed by atoms with Gasteiger partial charge in [0.2, 0.25) is 0 Å². The molecule has 0 amide bonds. The lowest BCUT2D eigenvalue weighted by atomic mass is 10.0. The summed E-state index contributed by atoms with van der Waals surface area (Å²) in [5.74, 6) is 0. The minimum Gasteiger partial charge on any atom is -0.311 e. The van der Waals surface area contributed by atoms with Gasteiger partial charge in [0.1, 0.15) is 0 Å². The molecule has 2 atom stereocenters. The van der Waals surface area contributed by atoms with Gasteiger partial charge in [-0.2, -0.15) is 0 Å². The fourth-order valence-electron chi connectivity index (χ4n) is 2.76. The highest BCUT2D eigenvalue weighted by Crippen LogP contribution is 2.17. The molecule has 1 aliphatic heterocycles. The Labute approximate surface area is 111 Å². The summed E-state index contributed by atoms with van der Waals surface area (Å²) in [4.78, 5) is 2.63. The summed E-state index contributed by atoms with van der Waals surface area (Å²) >= 11 is 0. The highest BCUT2D eigenvalue weighted by atomic mass is 15.2. The lowest BCUT2D eigenvalue weighted by molar-refractivity contribution is 0.124. The van der Waals surface area contributed by atoms with Crippen molar-refractivity contribution in [2.45, 2.75) is 52.7 Å². The molecule has 0 radical (unpaired) electrons. The standard InChI is InChI=1S/C16H26N2/c1-5-16-9-17-14(4)10-18(16)11-15-7-6-12(2)13(3)8-15/h6-8,14,16-17H,5,9-11H2,1-4H3. The Bertz CT molecular complexity index is 400. The van der Waals surface area contributed by atoms with E-state index in [1.54, 1.807) is 0 Å². The van der Waals surface area contributed by atoms with Crippen LogP contribution >= 0.6 is 0 Å². The molecule has 0 aromatic heterocycles. The van der Waals surface area contributed by atoms with Gasteiger partial charge in [0.25, 0.3) is 0 Å². The fourth-order valence-corrected chi connectivity index (χ4v) is 2.76. The van der Waals surface area contributed by atoms with Gasteiger partial charge in [0.15, 0.2) is 0 Å². The number of hydrogen-bond donors (Lipinski definition) is 1. The van der Waals surface area contributed by atoms with Crippen molar-refractivity contribution in [3.63, 3.8) is 0 Å². The fraction of sp³-hybridized carbons (Fsp3) is 0.625. The lowest BCUT2D eigenvalue weighted by Gasteiger charge is -2.39. The average molecular weight is 246 g/mol. The van der Waals surface area contributed by atoms with Crippen LogP contribution in [-0.4, -0.2) is 30.1 Å². The van der Waals surface area contributed by atoms with Gasteiger partial charge < -0.3 is 5.32 Å². The molecule has 1 aromatic rings. The molecule has 0 spiro atoms. The van der Waals surface area contributed by atoms with Crippen LogP contribution in [0.3, 0.4) is 0 Å². The second kappa shape index (κ2) is 5.85. The molecule has 1 heterocycles. The largest absolute Gasteiger partial charge is 0.311 e. The van der Waals surface area contributed by atoms with Crippen LogP contribution in [0.25, 0.3) is 0 Å². The molecule has 2 heteroatoms. The third kappa shape index (κ3) is 3.12. The van der Waals surface area contributed by atoms with Crippen LogP contribution in [0.15, 0.2) is 18.2 Å². The zero-order valence-electron chi connectivity index (χ0n) is 12.2. The van der Waals surface area contributed by atoms with Gasteiger partial charge in [-0.15, -0.1) is 0 Å². The van der Waals surface area contributed by atoms with Crippen LogP contribution in [0, 0.1) is 13.8 Å². The molecule has 100 valence electrons. The lowest BCUT2D eigenvalue weighted by Crippen LogP contribution is -2.54. The van der Waals surface area contributed by atoms with Gasteiger partial charge in [-0.05, 0) is 43.9 Å². The number of benzene rings is 1. The van der Waals surface area contributed by atoms with E-state index in [9.17, 15) is 0 Å². The zero-order valence-corrected chi connectivity index (χ0v) is 12.2. The van der Waals surface area contributed by atoms with Crippen LogP contribution in [0.5, 0.6) is 0 Å². The maximum atomic E-state index is 3.58. The first kappa shape index (κ1) is 13.6. The summed E-state index contributed by atoms with van der Waals surface area (Å²) in [5.41, 5.74) is 4.24. The molecule has 2 unspecified atom stereocenters. The zero-order chi connectivity index (χ0) is 13.1. The monoisotopic (exact) mass is 246 g/mol.